The number of aryl methyl sites for hydroxylation is 2. The summed E-state index contributed by atoms with van der Waals surface area (Å²) in [6, 6.07) is 0. The molecule has 1 amide bonds. The molecule has 1 fully saturated rings. The summed E-state index contributed by atoms with van der Waals surface area (Å²) in [4.78, 5) is 19.4. The minimum atomic E-state index is -3.32. The summed E-state index contributed by atoms with van der Waals surface area (Å²) in [6.45, 7) is 5.23. The highest BCUT2D eigenvalue weighted by molar-refractivity contribution is 7.88. The maximum Gasteiger partial charge on any atom is 0.265 e. The second-order valence-electron chi connectivity index (χ2n) is 6.34. The molecule has 1 saturated heterocycles. The number of rotatable bonds is 6. The Hall–Kier alpha value is -1.03. The molecule has 1 aliphatic rings. The number of carbonyl (C=O) groups is 1. The number of aromatic nitrogens is 1. The van der Waals surface area contributed by atoms with Crippen LogP contribution >= 0.6 is 11.3 Å². The van der Waals surface area contributed by atoms with Crippen molar-refractivity contribution in [3.05, 3.63) is 15.6 Å². The number of nitrogens with one attached hydrogen (secondary N) is 1. The van der Waals surface area contributed by atoms with Gasteiger partial charge in [0, 0.05) is 32.3 Å². The molecule has 1 aliphatic heterocycles. The highest BCUT2D eigenvalue weighted by Crippen LogP contribution is 2.29. The number of likely N-dealkylation sites (tertiary alicyclic amines) is 1. The van der Waals surface area contributed by atoms with Crippen molar-refractivity contribution in [1.29, 1.82) is 0 Å². The molecule has 0 aliphatic carbocycles. The number of hydrogen-bond acceptors (Lipinski definition) is 6. The van der Waals surface area contributed by atoms with Crippen LogP contribution in [0.4, 0.5) is 0 Å². The van der Waals surface area contributed by atoms with Crippen LogP contribution in [0, 0.1) is 13.8 Å². The van der Waals surface area contributed by atoms with Gasteiger partial charge in [0.05, 0.1) is 17.0 Å². The fraction of sp³-hybridized carbons (Fsp3) is 0.733. The van der Waals surface area contributed by atoms with Gasteiger partial charge in [0.15, 0.2) is 0 Å². The van der Waals surface area contributed by atoms with Gasteiger partial charge in [0.25, 0.3) is 5.91 Å². The first kappa shape index (κ1) is 19.3. The third kappa shape index (κ3) is 4.75. The van der Waals surface area contributed by atoms with E-state index in [2.05, 4.69) is 9.71 Å². The van der Waals surface area contributed by atoms with Crippen molar-refractivity contribution < 1.29 is 17.9 Å². The molecule has 7 nitrogen and oxygen atoms in total. The molecule has 136 valence electrons. The lowest BCUT2D eigenvalue weighted by molar-refractivity contribution is 0.0624. The number of methoxy groups -OCH3 is 1. The van der Waals surface area contributed by atoms with E-state index in [1.165, 1.54) is 17.6 Å². The first-order valence-corrected chi connectivity index (χ1v) is 10.6. The molecule has 0 bridgehead atoms. The van der Waals surface area contributed by atoms with Crippen LogP contribution < -0.4 is 4.72 Å². The Morgan fingerprint density at radius 2 is 2.00 bits per heavy atom. The van der Waals surface area contributed by atoms with E-state index in [0.717, 1.165) is 10.7 Å². The van der Waals surface area contributed by atoms with Gasteiger partial charge in [-0.15, -0.1) is 11.3 Å². The van der Waals surface area contributed by atoms with Crippen molar-refractivity contribution in [3.8, 4) is 0 Å². The normalized spacial score (nSPS) is 17.9. The predicted octanol–water partition coefficient (Wildman–Crippen LogP) is 1.32. The Labute approximate surface area is 147 Å². The SMILES string of the molecule is COCCC1(NS(C)(=O)=O)CCN(C(=O)c2sc(C)nc2C)CC1. The van der Waals surface area contributed by atoms with Crippen LogP contribution in [0.1, 0.15) is 39.6 Å². The number of sulfonamides is 1. The van der Waals surface area contributed by atoms with Crippen LogP contribution in [-0.2, 0) is 14.8 Å². The Kier molecular flexibility index (Phi) is 6.00. The molecule has 0 radical (unpaired) electrons. The fourth-order valence-electron chi connectivity index (χ4n) is 3.10. The Morgan fingerprint density at radius 3 is 2.46 bits per heavy atom. The maximum atomic E-state index is 12.7. The third-order valence-corrected chi connectivity index (χ3v) is 6.16. The lowest BCUT2D eigenvalue weighted by atomic mass is 9.85. The second-order valence-corrected chi connectivity index (χ2v) is 9.29. The average Bonchev–Trinajstić information content (AvgIpc) is 2.82. The number of hydrogen-bond donors (Lipinski definition) is 1. The zero-order valence-electron chi connectivity index (χ0n) is 14.6. The second kappa shape index (κ2) is 7.47. The van der Waals surface area contributed by atoms with E-state index < -0.39 is 15.6 Å². The Bertz CT molecular complexity index is 692. The number of carbonyl (C=O) groups excluding carboxylic acids is 1. The monoisotopic (exact) mass is 375 g/mol. The summed E-state index contributed by atoms with van der Waals surface area (Å²) < 4.78 is 31.3. The van der Waals surface area contributed by atoms with Crippen LogP contribution in [0.2, 0.25) is 0 Å². The fourth-order valence-corrected chi connectivity index (χ4v) is 5.09. The average molecular weight is 376 g/mol. The lowest BCUT2D eigenvalue weighted by Crippen LogP contribution is -2.56. The molecule has 0 atom stereocenters. The van der Waals surface area contributed by atoms with Gasteiger partial charge in [-0.2, -0.15) is 0 Å². The van der Waals surface area contributed by atoms with Crippen molar-refractivity contribution in [2.24, 2.45) is 0 Å². The summed E-state index contributed by atoms with van der Waals surface area (Å²) in [5.41, 5.74) is 0.215. The molecular weight excluding hydrogens is 350 g/mol. The summed E-state index contributed by atoms with van der Waals surface area (Å²) in [7, 11) is -1.72. The van der Waals surface area contributed by atoms with Gasteiger partial charge < -0.3 is 9.64 Å². The maximum absolute atomic E-state index is 12.7. The van der Waals surface area contributed by atoms with Gasteiger partial charge in [0.1, 0.15) is 4.88 Å². The molecule has 0 aromatic carbocycles. The van der Waals surface area contributed by atoms with Crippen LogP contribution in [0.25, 0.3) is 0 Å². The first-order chi connectivity index (χ1) is 11.2. The van der Waals surface area contributed by atoms with Gasteiger partial charge in [-0.1, -0.05) is 0 Å². The molecule has 0 unspecified atom stereocenters. The Morgan fingerprint density at radius 1 is 1.38 bits per heavy atom. The van der Waals surface area contributed by atoms with E-state index in [9.17, 15) is 13.2 Å². The molecule has 0 saturated carbocycles. The highest BCUT2D eigenvalue weighted by Gasteiger charge is 2.38. The van der Waals surface area contributed by atoms with Crippen molar-refractivity contribution >= 4 is 27.3 Å². The van der Waals surface area contributed by atoms with Crippen LogP contribution in [0.3, 0.4) is 0 Å². The van der Waals surface area contributed by atoms with E-state index in [4.69, 9.17) is 4.74 Å². The molecule has 1 aromatic rings. The third-order valence-electron chi connectivity index (χ3n) is 4.29. The van der Waals surface area contributed by atoms with Crippen molar-refractivity contribution in [3.63, 3.8) is 0 Å². The van der Waals surface area contributed by atoms with E-state index in [1.54, 1.807) is 12.0 Å². The number of thiazole rings is 1. The molecular formula is C15H25N3O4S2. The smallest absolute Gasteiger partial charge is 0.265 e. The van der Waals surface area contributed by atoms with Crippen LogP contribution in [-0.4, -0.2) is 62.8 Å². The predicted molar refractivity (Wildman–Crippen MR) is 93.9 cm³/mol. The van der Waals surface area contributed by atoms with Gasteiger partial charge in [-0.05, 0) is 33.1 Å². The van der Waals surface area contributed by atoms with Gasteiger partial charge >= 0.3 is 0 Å². The molecule has 2 rings (SSSR count). The van der Waals surface area contributed by atoms with E-state index in [1.807, 2.05) is 13.8 Å². The Balaban J connectivity index is 2.09. The topological polar surface area (TPSA) is 88.6 Å². The summed E-state index contributed by atoms with van der Waals surface area (Å²) >= 11 is 1.41. The van der Waals surface area contributed by atoms with Crippen molar-refractivity contribution in [1.82, 2.24) is 14.6 Å². The highest BCUT2D eigenvalue weighted by atomic mass is 32.2. The minimum absolute atomic E-state index is 0.0159. The van der Waals surface area contributed by atoms with Gasteiger partial charge in [-0.3, -0.25) is 4.79 Å². The largest absolute Gasteiger partial charge is 0.385 e. The number of nitrogens with zero attached hydrogens (tertiary/aromatic N) is 2. The number of piperidine rings is 1. The molecule has 2 heterocycles. The molecule has 24 heavy (non-hydrogen) atoms. The van der Waals surface area contributed by atoms with E-state index >= 15 is 0 Å². The van der Waals surface area contributed by atoms with Crippen molar-refractivity contribution in [2.45, 2.75) is 38.6 Å². The van der Waals surface area contributed by atoms with Crippen LogP contribution in [0.15, 0.2) is 0 Å². The quantitative estimate of drug-likeness (QED) is 0.810. The standard InChI is InChI=1S/C15H25N3O4S2/c1-11-13(23-12(2)16-11)14(19)18-8-5-15(6-9-18,7-10-22-3)17-24(4,20)21/h17H,5-10H2,1-4H3. The van der Waals surface area contributed by atoms with E-state index in [-0.39, 0.29) is 5.91 Å². The van der Waals surface area contributed by atoms with Gasteiger partial charge in [-0.25, -0.2) is 18.1 Å². The molecule has 0 spiro atoms. The van der Waals surface area contributed by atoms with Crippen LogP contribution in [0.5, 0.6) is 0 Å². The number of ether oxygens (including phenoxy) is 1. The summed E-state index contributed by atoms with van der Waals surface area (Å²) in [5.74, 6) is -0.0159. The van der Waals surface area contributed by atoms with E-state index in [0.29, 0.717) is 43.8 Å². The molecule has 1 aromatic heterocycles. The summed E-state index contributed by atoms with van der Waals surface area (Å²) in [5, 5.41) is 0.876. The zero-order valence-corrected chi connectivity index (χ0v) is 16.2. The minimum Gasteiger partial charge on any atom is -0.385 e. The molecule has 1 N–H and O–H groups in total. The lowest BCUT2D eigenvalue weighted by Gasteiger charge is -2.41. The summed E-state index contributed by atoms with van der Waals surface area (Å²) in [6.07, 6.45) is 2.91. The zero-order chi connectivity index (χ0) is 18.0. The van der Waals surface area contributed by atoms with Gasteiger partial charge in [0.2, 0.25) is 10.0 Å². The first-order valence-electron chi connectivity index (χ1n) is 7.87. The molecule has 9 heteroatoms. The van der Waals surface area contributed by atoms with Crippen molar-refractivity contribution in [2.75, 3.05) is 33.1 Å². The number of amides is 1.